The van der Waals surface area contributed by atoms with Crippen LogP contribution in [0.1, 0.15) is 37.4 Å². The lowest BCUT2D eigenvalue weighted by atomic mass is 10.00. The first kappa shape index (κ1) is 16.1. The number of aryl methyl sites for hydroxylation is 1. The van der Waals surface area contributed by atoms with Gasteiger partial charge in [-0.3, -0.25) is 19.8 Å². The van der Waals surface area contributed by atoms with Crippen molar-refractivity contribution < 1.29 is 14.8 Å². The maximum atomic E-state index is 10.9. The van der Waals surface area contributed by atoms with Gasteiger partial charge in [0.15, 0.2) is 0 Å². The minimum atomic E-state index is -0.895. The average Bonchev–Trinajstić information content (AvgIpc) is 2.37. The van der Waals surface area contributed by atoms with Crippen LogP contribution in [-0.4, -0.2) is 34.0 Å². The highest BCUT2D eigenvalue weighted by molar-refractivity contribution is 5.69. The van der Waals surface area contributed by atoms with Crippen LogP contribution in [0, 0.1) is 17.0 Å². The van der Waals surface area contributed by atoms with Crippen LogP contribution in [0.5, 0.6) is 0 Å². The quantitative estimate of drug-likeness (QED) is 0.613. The van der Waals surface area contributed by atoms with E-state index in [0.717, 1.165) is 17.5 Å². The lowest BCUT2D eigenvalue weighted by Crippen LogP contribution is -2.33. The summed E-state index contributed by atoms with van der Waals surface area (Å²) < 4.78 is 0. The monoisotopic (exact) mass is 280 g/mol. The number of rotatable bonds is 7. The van der Waals surface area contributed by atoms with Crippen molar-refractivity contribution >= 4 is 11.7 Å². The topological polar surface area (TPSA) is 83.7 Å². The summed E-state index contributed by atoms with van der Waals surface area (Å²) in [6, 6.07) is 4.53. The zero-order valence-corrected chi connectivity index (χ0v) is 12.0. The van der Waals surface area contributed by atoms with E-state index in [2.05, 4.69) is 0 Å². The number of nitro benzene ring substituents is 1. The highest BCUT2D eigenvalue weighted by Crippen LogP contribution is 2.27. The van der Waals surface area contributed by atoms with Crippen molar-refractivity contribution in [1.29, 1.82) is 0 Å². The summed E-state index contributed by atoms with van der Waals surface area (Å²) in [7, 11) is 0. The van der Waals surface area contributed by atoms with E-state index in [1.165, 1.54) is 12.1 Å². The Morgan fingerprint density at radius 3 is 2.65 bits per heavy atom. The van der Waals surface area contributed by atoms with Crippen molar-refractivity contribution in [1.82, 2.24) is 4.90 Å². The Bertz CT molecular complexity index is 502. The molecule has 0 aliphatic heterocycles. The highest BCUT2D eigenvalue weighted by atomic mass is 16.6. The Balaban J connectivity index is 3.09. The van der Waals surface area contributed by atoms with E-state index in [1.54, 1.807) is 6.07 Å². The van der Waals surface area contributed by atoms with E-state index in [9.17, 15) is 14.9 Å². The second kappa shape index (κ2) is 7.00. The first-order chi connectivity index (χ1) is 9.36. The van der Waals surface area contributed by atoms with Gasteiger partial charge in [0.25, 0.3) is 5.69 Å². The molecular formula is C14H20N2O4. The van der Waals surface area contributed by atoms with Crippen LogP contribution in [0.25, 0.3) is 0 Å². The van der Waals surface area contributed by atoms with Gasteiger partial charge in [-0.2, -0.15) is 0 Å². The number of aliphatic carboxylic acids is 1. The molecule has 0 spiro atoms. The maximum Gasteiger partial charge on any atom is 0.317 e. The highest BCUT2D eigenvalue weighted by Gasteiger charge is 2.21. The number of benzene rings is 1. The van der Waals surface area contributed by atoms with Crippen LogP contribution < -0.4 is 0 Å². The van der Waals surface area contributed by atoms with Gasteiger partial charge in [0.2, 0.25) is 0 Å². The largest absolute Gasteiger partial charge is 0.480 e. The number of hydrogen-bond acceptors (Lipinski definition) is 4. The van der Waals surface area contributed by atoms with Gasteiger partial charge in [-0.1, -0.05) is 13.0 Å². The molecule has 0 aliphatic rings. The van der Waals surface area contributed by atoms with E-state index in [0.29, 0.717) is 6.54 Å². The Kier molecular flexibility index (Phi) is 5.64. The van der Waals surface area contributed by atoms with Gasteiger partial charge < -0.3 is 5.11 Å². The molecule has 1 unspecified atom stereocenters. The summed E-state index contributed by atoms with van der Waals surface area (Å²) >= 11 is 0. The fourth-order valence-electron chi connectivity index (χ4n) is 2.26. The number of carboxylic acid groups (broad SMARTS) is 1. The number of carboxylic acids is 1. The van der Waals surface area contributed by atoms with Crippen LogP contribution in [0.4, 0.5) is 5.69 Å². The molecule has 1 N–H and O–H groups in total. The van der Waals surface area contributed by atoms with Crippen molar-refractivity contribution in [3.63, 3.8) is 0 Å². The molecule has 0 aliphatic carbocycles. The second-order valence-corrected chi connectivity index (χ2v) is 4.84. The maximum absolute atomic E-state index is 10.9. The molecule has 110 valence electrons. The summed E-state index contributed by atoms with van der Waals surface area (Å²) in [5, 5.41) is 19.8. The summed E-state index contributed by atoms with van der Waals surface area (Å²) in [6.45, 7) is 6.29. The molecule has 20 heavy (non-hydrogen) atoms. The molecular weight excluding hydrogens is 260 g/mol. The minimum absolute atomic E-state index is 0.0317. The van der Waals surface area contributed by atoms with Crippen molar-refractivity contribution in [3.8, 4) is 0 Å². The fourth-order valence-corrected chi connectivity index (χ4v) is 2.26. The molecule has 6 nitrogen and oxygen atoms in total. The standard InChI is InChI=1S/C14H20N2O4/c1-4-7-15(9-14(17)18)11(3)13-8-12(16(19)20)6-5-10(13)2/h5-6,8,11H,4,7,9H2,1-3H3,(H,17,18). The third-order valence-electron chi connectivity index (χ3n) is 3.32. The Morgan fingerprint density at radius 1 is 1.50 bits per heavy atom. The third-order valence-corrected chi connectivity index (χ3v) is 3.32. The van der Waals surface area contributed by atoms with Crippen molar-refractivity contribution in [2.45, 2.75) is 33.2 Å². The molecule has 6 heteroatoms. The molecule has 0 radical (unpaired) electrons. The SMILES string of the molecule is CCCN(CC(=O)O)C(C)c1cc([N+](=O)[O-])ccc1C. The Morgan fingerprint density at radius 2 is 2.15 bits per heavy atom. The lowest BCUT2D eigenvalue weighted by Gasteiger charge is -2.28. The fraction of sp³-hybridized carbons (Fsp3) is 0.500. The summed E-state index contributed by atoms with van der Waals surface area (Å²) in [6.07, 6.45) is 0.825. The van der Waals surface area contributed by atoms with Gasteiger partial charge in [0, 0.05) is 18.2 Å². The normalized spacial score (nSPS) is 12.4. The molecule has 0 fully saturated rings. The van der Waals surface area contributed by atoms with Gasteiger partial charge in [-0.25, -0.2) is 0 Å². The smallest absolute Gasteiger partial charge is 0.317 e. The number of nitro groups is 1. The van der Waals surface area contributed by atoms with Gasteiger partial charge in [0.05, 0.1) is 11.5 Å². The van der Waals surface area contributed by atoms with Crippen molar-refractivity contribution in [2.24, 2.45) is 0 Å². The zero-order valence-electron chi connectivity index (χ0n) is 12.0. The van der Waals surface area contributed by atoms with E-state index in [-0.39, 0.29) is 18.3 Å². The van der Waals surface area contributed by atoms with Crippen molar-refractivity contribution in [2.75, 3.05) is 13.1 Å². The minimum Gasteiger partial charge on any atom is -0.480 e. The summed E-state index contributed by atoms with van der Waals surface area (Å²) in [4.78, 5) is 23.2. The summed E-state index contributed by atoms with van der Waals surface area (Å²) in [5.74, 6) is -0.895. The Hall–Kier alpha value is -1.95. The van der Waals surface area contributed by atoms with Gasteiger partial charge >= 0.3 is 5.97 Å². The van der Waals surface area contributed by atoms with Crippen LogP contribution in [0.15, 0.2) is 18.2 Å². The summed E-state index contributed by atoms with van der Waals surface area (Å²) in [5.41, 5.74) is 1.76. The molecule has 0 saturated heterocycles. The van der Waals surface area contributed by atoms with Crippen LogP contribution in [-0.2, 0) is 4.79 Å². The number of carbonyl (C=O) groups is 1. The lowest BCUT2D eigenvalue weighted by molar-refractivity contribution is -0.385. The zero-order chi connectivity index (χ0) is 15.3. The predicted octanol–water partition coefficient (Wildman–Crippen LogP) is 2.76. The molecule has 1 aromatic rings. The molecule has 1 aromatic carbocycles. The van der Waals surface area contributed by atoms with E-state index < -0.39 is 10.9 Å². The second-order valence-electron chi connectivity index (χ2n) is 4.84. The number of hydrogen-bond donors (Lipinski definition) is 1. The van der Waals surface area contributed by atoms with E-state index >= 15 is 0 Å². The van der Waals surface area contributed by atoms with Gasteiger partial charge in [-0.15, -0.1) is 0 Å². The van der Waals surface area contributed by atoms with Crippen LogP contribution in [0.2, 0.25) is 0 Å². The number of nitrogens with zero attached hydrogens (tertiary/aromatic N) is 2. The third kappa shape index (κ3) is 4.03. The van der Waals surface area contributed by atoms with E-state index in [4.69, 9.17) is 5.11 Å². The molecule has 0 heterocycles. The van der Waals surface area contributed by atoms with E-state index in [1.807, 2.05) is 25.7 Å². The first-order valence-corrected chi connectivity index (χ1v) is 6.57. The molecule has 0 saturated carbocycles. The molecule has 0 aromatic heterocycles. The van der Waals surface area contributed by atoms with Crippen LogP contribution in [0.3, 0.4) is 0 Å². The number of non-ortho nitro benzene ring substituents is 1. The van der Waals surface area contributed by atoms with Gasteiger partial charge in [0.1, 0.15) is 0 Å². The molecule has 0 bridgehead atoms. The van der Waals surface area contributed by atoms with Crippen molar-refractivity contribution in [3.05, 3.63) is 39.4 Å². The van der Waals surface area contributed by atoms with Gasteiger partial charge in [-0.05, 0) is 37.9 Å². The molecule has 1 atom stereocenters. The first-order valence-electron chi connectivity index (χ1n) is 6.57. The average molecular weight is 280 g/mol. The molecule has 1 rings (SSSR count). The Labute approximate surface area is 118 Å². The predicted molar refractivity (Wildman–Crippen MR) is 75.7 cm³/mol. The molecule has 0 amide bonds. The van der Waals surface area contributed by atoms with Crippen LogP contribution >= 0.6 is 0 Å².